The molecule has 0 saturated carbocycles. The highest BCUT2D eigenvalue weighted by molar-refractivity contribution is 14.1. The zero-order chi connectivity index (χ0) is 15.9. The number of hydrogen-bond donors (Lipinski definition) is 1. The van der Waals surface area contributed by atoms with Crippen molar-refractivity contribution >= 4 is 34.2 Å². The van der Waals surface area contributed by atoms with Crippen LogP contribution in [0, 0.1) is 3.57 Å². The Morgan fingerprint density at radius 1 is 1.09 bits per heavy atom. The second kappa shape index (κ2) is 8.29. The van der Waals surface area contributed by atoms with Gasteiger partial charge in [-0.1, -0.05) is 32.0 Å². The van der Waals surface area contributed by atoms with Crippen LogP contribution in [0.2, 0.25) is 0 Å². The van der Waals surface area contributed by atoms with Gasteiger partial charge in [0.2, 0.25) is 0 Å². The third kappa shape index (κ3) is 4.81. The molecule has 0 unspecified atom stereocenters. The Kier molecular flexibility index (Phi) is 6.39. The minimum absolute atomic E-state index is 0.0741. The lowest BCUT2D eigenvalue weighted by atomic mass is 10.1. The van der Waals surface area contributed by atoms with E-state index in [1.165, 1.54) is 5.56 Å². The fourth-order valence-corrected chi connectivity index (χ4v) is 2.77. The van der Waals surface area contributed by atoms with Gasteiger partial charge in [0.05, 0.1) is 0 Å². The third-order valence-corrected chi connectivity index (χ3v) is 4.27. The lowest BCUT2D eigenvalue weighted by Crippen LogP contribution is -2.22. The molecule has 22 heavy (non-hydrogen) atoms. The first-order chi connectivity index (χ1) is 10.6. The molecule has 0 fully saturated rings. The number of hydrogen-bond acceptors (Lipinski definition) is 2. The Bertz CT molecular complexity index is 621. The predicted molar refractivity (Wildman–Crippen MR) is 100 cm³/mol. The molecule has 0 radical (unpaired) electrons. The average molecular weight is 408 g/mol. The first kappa shape index (κ1) is 17.0. The van der Waals surface area contributed by atoms with Crippen molar-refractivity contribution in [2.75, 3.05) is 18.4 Å². The monoisotopic (exact) mass is 408 g/mol. The maximum absolute atomic E-state index is 12.2. The van der Waals surface area contributed by atoms with E-state index in [4.69, 9.17) is 0 Å². The number of benzene rings is 2. The Labute approximate surface area is 145 Å². The normalized spacial score (nSPS) is 10.7. The lowest BCUT2D eigenvalue weighted by molar-refractivity contribution is 0.102. The zero-order valence-corrected chi connectivity index (χ0v) is 15.1. The van der Waals surface area contributed by atoms with Crippen LogP contribution in [0.1, 0.15) is 29.8 Å². The van der Waals surface area contributed by atoms with Gasteiger partial charge in [-0.3, -0.25) is 9.69 Å². The quantitative estimate of drug-likeness (QED) is 0.720. The SMILES string of the molecule is CCN(CC)Cc1ccc(NC(=O)c2cccc(I)c2)cc1. The van der Waals surface area contributed by atoms with Crippen molar-refractivity contribution < 1.29 is 4.79 Å². The second-order valence-electron chi connectivity index (χ2n) is 5.12. The standard InChI is InChI=1S/C18H21IN2O/c1-3-21(4-2)13-14-8-10-17(11-9-14)20-18(22)15-6-5-7-16(19)12-15/h5-12H,3-4,13H2,1-2H3,(H,20,22). The average Bonchev–Trinajstić information content (AvgIpc) is 2.54. The van der Waals surface area contributed by atoms with Crippen LogP contribution < -0.4 is 5.32 Å². The number of carbonyl (C=O) groups excluding carboxylic acids is 1. The van der Waals surface area contributed by atoms with Crippen LogP contribution in [-0.4, -0.2) is 23.9 Å². The summed E-state index contributed by atoms with van der Waals surface area (Å²) in [5.41, 5.74) is 2.77. The maximum atomic E-state index is 12.2. The van der Waals surface area contributed by atoms with E-state index in [2.05, 4.69) is 58.8 Å². The lowest BCUT2D eigenvalue weighted by Gasteiger charge is -2.18. The minimum atomic E-state index is -0.0741. The van der Waals surface area contributed by atoms with Gasteiger partial charge in [-0.2, -0.15) is 0 Å². The molecule has 0 bridgehead atoms. The van der Waals surface area contributed by atoms with Crippen molar-refractivity contribution in [3.05, 3.63) is 63.2 Å². The number of anilines is 1. The Morgan fingerprint density at radius 3 is 2.36 bits per heavy atom. The fourth-order valence-electron chi connectivity index (χ4n) is 2.23. The van der Waals surface area contributed by atoms with Crippen molar-refractivity contribution in [3.63, 3.8) is 0 Å². The van der Waals surface area contributed by atoms with E-state index in [0.29, 0.717) is 5.56 Å². The van der Waals surface area contributed by atoms with Gasteiger partial charge < -0.3 is 5.32 Å². The van der Waals surface area contributed by atoms with Gasteiger partial charge in [0, 0.05) is 21.4 Å². The fraction of sp³-hybridized carbons (Fsp3) is 0.278. The summed E-state index contributed by atoms with van der Waals surface area (Å²) in [4.78, 5) is 14.6. The number of nitrogens with zero attached hydrogens (tertiary/aromatic N) is 1. The van der Waals surface area contributed by atoms with Crippen LogP contribution in [-0.2, 0) is 6.54 Å². The summed E-state index contributed by atoms with van der Waals surface area (Å²) < 4.78 is 1.06. The molecule has 0 aromatic heterocycles. The summed E-state index contributed by atoms with van der Waals surface area (Å²) in [6.45, 7) is 7.36. The molecule has 0 heterocycles. The van der Waals surface area contributed by atoms with Crippen molar-refractivity contribution in [3.8, 4) is 0 Å². The zero-order valence-electron chi connectivity index (χ0n) is 13.0. The van der Waals surface area contributed by atoms with Crippen LogP contribution in [0.4, 0.5) is 5.69 Å². The molecule has 4 heteroatoms. The van der Waals surface area contributed by atoms with Crippen molar-refractivity contribution in [2.24, 2.45) is 0 Å². The molecule has 116 valence electrons. The Hall–Kier alpha value is -1.40. The van der Waals surface area contributed by atoms with E-state index in [1.807, 2.05) is 36.4 Å². The van der Waals surface area contributed by atoms with Gasteiger partial charge >= 0.3 is 0 Å². The Balaban J connectivity index is 2.00. The molecule has 3 nitrogen and oxygen atoms in total. The van der Waals surface area contributed by atoms with Gasteiger partial charge in [0.25, 0.3) is 5.91 Å². The van der Waals surface area contributed by atoms with E-state index in [1.54, 1.807) is 0 Å². The first-order valence-electron chi connectivity index (χ1n) is 7.50. The summed E-state index contributed by atoms with van der Waals surface area (Å²) in [6, 6.07) is 15.6. The third-order valence-electron chi connectivity index (χ3n) is 3.60. The van der Waals surface area contributed by atoms with Crippen LogP contribution in [0.3, 0.4) is 0 Å². The molecule has 2 aromatic carbocycles. The highest BCUT2D eigenvalue weighted by Gasteiger charge is 2.07. The molecule has 0 aliphatic rings. The molecule has 1 N–H and O–H groups in total. The molecule has 2 rings (SSSR count). The van der Waals surface area contributed by atoms with Crippen LogP contribution in [0.25, 0.3) is 0 Å². The molecule has 2 aromatic rings. The summed E-state index contributed by atoms with van der Waals surface area (Å²) >= 11 is 2.21. The summed E-state index contributed by atoms with van der Waals surface area (Å²) in [7, 11) is 0. The second-order valence-corrected chi connectivity index (χ2v) is 6.37. The van der Waals surface area contributed by atoms with Crippen molar-refractivity contribution in [1.29, 1.82) is 0 Å². The number of rotatable bonds is 6. The smallest absolute Gasteiger partial charge is 0.255 e. The van der Waals surface area contributed by atoms with Gasteiger partial charge in [-0.05, 0) is 71.6 Å². The number of amides is 1. The Morgan fingerprint density at radius 2 is 1.77 bits per heavy atom. The molecule has 0 aliphatic carbocycles. The number of halogens is 1. The van der Waals surface area contributed by atoms with E-state index in [-0.39, 0.29) is 5.91 Å². The molecule has 0 saturated heterocycles. The van der Waals surface area contributed by atoms with Gasteiger partial charge in [0.15, 0.2) is 0 Å². The van der Waals surface area contributed by atoms with Crippen molar-refractivity contribution in [2.45, 2.75) is 20.4 Å². The number of carbonyl (C=O) groups is 1. The number of nitrogens with one attached hydrogen (secondary N) is 1. The molecular formula is C18H21IN2O. The van der Waals surface area contributed by atoms with E-state index < -0.39 is 0 Å². The van der Waals surface area contributed by atoms with Gasteiger partial charge in [0.1, 0.15) is 0 Å². The molecule has 0 spiro atoms. The highest BCUT2D eigenvalue weighted by atomic mass is 127. The van der Waals surface area contributed by atoms with Gasteiger partial charge in [-0.25, -0.2) is 0 Å². The molecule has 0 atom stereocenters. The van der Waals surface area contributed by atoms with Crippen molar-refractivity contribution in [1.82, 2.24) is 4.90 Å². The van der Waals surface area contributed by atoms with E-state index in [0.717, 1.165) is 28.9 Å². The largest absolute Gasteiger partial charge is 0.322 e. The first-order valence-corrected chi connectivity index (χ1v) is 8.58. The minimum Gasteiger partial charge on any atom is -0.322 e. The van der Waals surface area contributed by atoms with Crippen LogP contribution >= 0.6 is 22.6 Å². The topological polar surface area (TPSA) is 32.3 Å². The van der Waals surface area contributed by atoms with Crippen LogP contribution in [0.15, 0.2) is 48.5 Å². The maximum Gasteiger partial charge on any atom is 0.255 e. The van der Waals surface area contributed by atoms with E-state index >= 15 is 0 Å². The predicted octanol–water partition coefficient (Wildman–Crippen LogP) is 4.39. The van der Waals surface area contributed by atoms with Gasteiger partial charge in [-0.15, -0.1) is 0 Å². The summed E-state index contributed by atoms with van der Waals surface area (Å²) in [6.07, 6.45) is 0. The van der Waals surface area contributed by atoms with E-state index in [9.17, 15) is 4.79 Å². The molecule has 1 amide bonds. The summed E-state index contributed by atoms with van der Waals surface area (Å²) in [5.74, 6) is -0.0741. The molecule has 0 aliphatic heterocycles. The molecular weight excluding hydrogens is 387 g/mol. The summed E-state index contributed by atoms with van der Waals surface area (Å²) in [5, 5.41) is 2.94. The highest BCUT2D eigenvalue weighted by Crippen LogP contribution is 2.14. The van der Waals surface area contributed by atoms with Crippen LogP contribution in [0.5, 0.6) is 0 Å².